The Morgan fingerprint density at radius 1 is 0.745 bits per heavy atom. The molecular formula is C77H106F2N10O7Si2. The first kappa shape index (κ1) is 71.1. The van der Waals surface area contributed by atoms with Crippen molar-refractivity contribution in [3.05, 3.63) is 81.9 Å². The van der Waals surface area contributed by atoms with Crippen LogP contribution in [-0.2, 0) is 21.4 Å². The first-order valence-corrected chi connectivity index (χ1v) is 41.4. The zero-order valence-electron chi connectivity index (χ0n) is 60.5. The van der Waals surface area contributed by atoms with Crippen LogP contribution in [-0.4, -0.2) is 150 Å². The topological polar surface area (TPSA) is 169 Å². The minimum absolute atomic E-state index is 0.0258. The fourth-order valence-electron chi connectivity index (χ4n) is 19.0. The number of carbonyl (C=O) groups is 3. The highest BCUT2D eigenvalue weighted by Gasteiger charge is 2.51. The number of imide groups is 1. The molecule has 0 radical (unpaired) electrons. The number of nitrogens with zero attached hydrogens (tertiary/aromatic N) is 9. The number of aromatic nitrogens is 5. The summed E-state index contributed by atoms with van der Waals surface area (Å²) < 4.78 is 59.1. The largest absolute Gasteiger partial charge is 0.543 e. The Morgan fingerprint density at radius 3 is 2.10 bits per heavy atom. The van der Waals surface area contributed by atoms with Gasteiger partial charge in [0, 0.05) is 69.4 Å². The van der Waals surface area contributed by atoms with Crippen molar-refractivity contribution in [1.29, 1.82) is 0 Å². The van der Waals surface area contributed by atoms with Crippen LogP contribution in [0.4, 0.5) is 19.4 Å². The van der Waals surface area contributed by atoms with Gasteiger partial charge in [-0.25, -0.2) is 18.4 Å². The summed E-state index contributed by atoms with van der Waals surface area (Å²) in [5.41, 5.74) is 8.37. The Bertz CT molecular complexity index is 4040. The first-order chi connectivity index (χ1) is 46.8. The maximum absolute atomic E-state index is 18.6. The molecule has 3 aromatic carbocycles. The number of fused-ring (bicyclic) bond motifs is 4. The van der Waals surface area contributed by atoms with Crippen molar-refractivity contribution in [2.75, 3.05) is 70.5 Å². The second-order valence-corrected chi connectivity index (χ2v) is 42.4. The van der Waals surface area contributed by atoms with Gasteiger partial charge in [0.15, 0.2) is 5.82 Å². The van der Waals surface area contributed by atoms with Gasteiger partial charge in [0.05, 0.1) is 27.5 Å². The maximum Gasteiger partial charge on any atom is 0.409 e. The van der Waals surface area contributed by atoms with Gasteiger partial charge >= 0.3 is 17.8 Å². The van der Waals surface area contributed by atoms with E-state index in [0.717, 1.165) is 122 Å². The third-order valence-electron chi connectivity index (χ3n) is 24.1. The van der Waals surface area contributed by atoms with Crippen molar-refractivity contribution >= 4 is 72.8 Å². The van der Waals surface area contributed by atoms with E-state index in [1.807, 2.05) is 23.1 Å². The van der Waals surface area contributed by atoms with Crippen LogP contribution in [0.15, 0.2) is 53.5 Å². The van der Waals surface area contributed by atoms with Gasteiger partial charge in [0.25, 0.3) is 8.32 Å². The molecule has 3 aromatic heterocycles. The summed E-state index contributed by atoms with van der Waals surface area (Å²) in [7, 11) is -3.17. The predicted octanol–water partition coefficient (Wildman–Crippen LogP) is 15.4. The lowest BCUT2D eigenvalue weighted by atomic mass is 9.88. The van der Waals surface area contributed by atoms with Crippen LogP contribution in [0, 0.1) is 29.0 Å². The number of nitrogens with one attached hydrogen (secondary N) is 1. The molecule has 6 aliphatic heterocycles. The zero-order valence-corrected chi connectivity index (χ0v) is 62.5. The maximum atomic E-state index is 18.6. The summed E-state index contributed by atoms with van der Waals surface area (Å²) in [6, 6.07) is 12.7. The molecule has 3 atom stereocenters. The lowest BCUT2D eigenvalue weighted by Gasteiger charge is -2.42. The Morgan fingerprint density at radius 2 is 1.44 bits per heavy atom. The number of amides is 3. The third-order valence-corrected chi connectivity index (χ3v) is 36.4. The molecule has 6 fully saturated rings. The number of rotatable bonds is 19. The van der Waals surface area contributed by atoms with Crippen molar-refractivity contribution in [2.45, 2.75) is 230 Å². The second kappa shape index (κ2) is 29.1. The zero-order chi connectivity index (χ0) is 69.7. The van der Waals surface area contributed by atoms with Gasteiger partial charge < -0.3 is 28.6 Å². The highest BCUT2D eigenvalue weighted by atomic mass is 28.4. The lowest BCUT2D eigenvalue weighted by Crippen LogP contribution is -2.50. The summed E-state index contributed by atoms with van der Waals surface area (Å²) in [5.74, 6) is 3.67. The number of benzene rings is 3. The van der Waals surface area contributed by atoms with Gasteiger partial charge in [0.1, 0.15) is 55.9 Å². The Labute approximate surface area is 580 Å². The number of piperidine rings is 3. The fourth-order valence-corrected chi connectivity index (χ4v) is 29.4. The number of anilines is 1. The van der Waals surface area contributed by atoms with Gasteiger partial charge in [-0.15, -0.1) is 5.54 Å². The van der Waals surface area contributed by atoms with E-state index in [9.17, 15) is 19.2 Å². The smallest absolute Gasteiger partial charge is 0.409 e. The van der Waals surface area contributed by atoms with Crippen molar-refractivity contribution in [3.8, 4) is 34.5 Å². The molecule has 17 nitrogen and oxygen atoms in total. The van der Waals surface area contributed by atoms with E-state index < -0.39 is 40.0 Å². The molecule has 0 spiro atoms. The molecule has 12 rings (SSSR count). The molecule has 6 aliphatic rings. The van der Waals surface area contributed by atoms with Crippen LogP contribution in [0.2, 0.25) is 33.2 Å². The molecule has 1 N–H and O–H groups in total. The molecule has 9 heterocycles. The number of hydrogen-bond donors (Lipinski definition) is 1. The molecule has 528 valence electrons. The van der Waals surface area contributed by atoms with Crippen molar-refractivity contribution in [2.24, 2.45) is 13.0 Å². The lowest BCUT2D eigenvalue weighted by molar-refractivity contribution is -0.135. The van der Waals surface area contributed by atoms with Gasteiger partial charge in [-0.3, -0.25) is 33.9 Å². The van der Waals surface area contributed by atoms with Crippen molar-refractivity contribution < 1.29 is 37.1 Å². The van der Waals surface area contributed by atoms with Gasteiger partial charge in [0.2, 0.25) is 11.8 Å². The standard InChI is InChI=1S/C77H106F2N10O7Si2/c1-48(2)97(49(3)4,50(5)6)40-30-60-63(78)21-19-57-41-59(96-98(51(7)8,52(9)10)53(11)12)43-61(68(57)60)70-69(79)71-62(44-80-70)72(86-33-16-14-15-17-34-86)83-74(82-71)95-47-77-31-18-35-88(77)58(25-32-77)46-94-76(93)87-38-26-54(27-39-87)45-85-36-28-55(29-37-85)56-20-22-64-66(42-56)84(13)75(92)89(64)65-23-24-67(90)81-73(65)91/h19-22,41-44,48-55,58,65H,14-18,23-29,31-39,45-47H2,1-13H3,(H,81,90,91)/t58-,65?,77-/m0/s1. The van der Waals surface area contributed by atoms with Crippen LogP contribution >= 0.6 is 0 Å². The van der Waals surface area contributed by atoms with E-state index in [1.165, 1.54) is 11.6 Å². The molecule has 1 unspecified atom stereocenters. The van der Waals surface area contributed by atoms with Gasteiger partial charge in [-0.05, 0) is 177 Å². The van der Waals surface area contributed by atoms with E-state index in [1.54, 1.807) is 28.4 Å². The van der Waals surface area contributed by atoms with Gasteiger partial charge in [-0.1, -0.05) is 114 Å². The summed E-state index contributed by atoms with van der Waals surface area (Å²) in [5, 5.41) is 4.09. The molecule has 6 saturated heterocycles. The van der Waals surface area contributed by atoms with Crippen LogP contribution in [0.1, 0.15) is 196 Å². The molecule has 0 aliphatic carbocycles. The number of ether oxygens (including phenoxy) is 2. The predicted molar refractivity (Wildman–Crippen MR) is 390 cm³/mol. The SMILES string of the molecule is CC(C)[Si](C#Cc1c(F)ccc2cc(O[Si](C(C)C)(C(C)C)C(C)C)cc(-c3ncc4c(N5CCCCCC5)nc(OC[C@@]56CCCN5[C@H](COC(=O)N5CCC(CN7CCC(c8ccc9c(c8)n(C)c(=O)n9C8CCC(=O)NC8=O)CC7)CC5)CC6)nc4c3F)c12)(C(C)C)C(C)C. The average molecular weight is 1380 g/mol. The molecule has 0 saturated carbocycles. The van der Waals surface area contributed by atoms with Gasteiger partial charge in [-0.2, -0.15) is 9.97 Å². The fraction of sp³-hybridized carbons (Fsp3) is 0.623. The molecule has 6 aromatic rings. The summed E-state index contributed by atoms with van der Waals surface area (Å²) in [4.78, 5) is 76.2. The Balaban J connectivity index is 0.740. The number of halogens is 2. The molecular weight excluding hydrogens is 1270 g/mol. The summed E-state index contributed by atoms with van der Waals surface area (Å²) >= 11 is 0. The number of likely N-dealkylation sites (tertiary alicyclic amines) is 2. The minimum Gasteiger partial charge on any atom is -0.543 e. The van der Waals surface area contributed by atoms with E-state index in [-0.39, 0.29) is 75.1 Å². The van der Waals surface area contributed by atoms with Crippen LogP contribution in [0.3, 0.4) is 0 Å². The first-order valence-electron chi connectivity index (χ1n) is 37.0. The number of hydrogen-bond acceptors (Lipinski definition) is 13. The summed E-state index contributed by atoms with van der Waals surface area (Å²) in [6.07, 6.45) is 13.5. The molecule has 3 amide bonds. The minimum atomic E-state index is -2.55. The van der Waals surface area contributed by atoms with Crippen molar-refractivity contribution in [3.63, 3.8) is 0 Å². The average Bonchev–Trinajstić information content (AvgIpc) is 1.41. The van der Waals surface area contributed by atoms with Crippen LogP contribution < -0.4 is 25.1 Å². The molecule has 98 heavy (non-hydrogen) atoms. The normalized spacial score (nSPS) is 21.4. The van der Waals surface area contributed by atoms with E-state index in [4.69, 9.17) is 28.9 Å². The number of pyridine rings is 1. The molecule has 21 heteroatoms. The molecule has 0 bridgehead atoms. The number of aryl methyl sites for hydroxylation is 1. The Kier molecular flexibility index (Phi) is 21.1. The van der Waals surface area contributed by atoms with E-state index >= 15 is 8.78 Å². The highest BCUT2D eigenvalue weighted by molar-refractivity contribution is 6.90. The highest BCUT2D eigenvalue weighted by Crippen LogP contribution is 2.48. The monoisotopic (exact) mass is 1380 g/mol. The van der Waals surface area contributed by atoms with Crippen molar-refractivity contribution in [1.82, 2.24) is 44.1 Å². The summed E-state index contributed by atoms with van der Waals surface area (Å²) in [6.45, 7) is 34.2. The Hall–Kier alpha value is -6.74. The number of carbonyl (C=O) groups excluding carboxylic acids is 3. The van der Waals surface area contributed by atoms with Crippen LogP contribution in [0.5, 0.6) is 11.8 Å². The van der Waals surface area contributed by atoms with E-state index in [2.05, 4.69) is 127 Å². The second-order valence-electron chi connectivity index (χ2n) is 31.5. The number of imidazole rings is 1. The third kappa shape index (κ3) is 13.5. The van der Waals surface area contributed by atoms with E-state index in [0.29, 0.717) is 100.0 Å². The quantitative estimate of drug-likeness (QED) is 0.0462. The van der Waals surface area contributed by atoms with Crippen LogP contribution in [0.25, 0.3) is 44.0 Å².